The largest absolute Gasteiger partial charge is 0.507 e. The number of hydrogen-bond acceptors (Lipinski definition) is 7. The third-order valence-corrected chi connectivity index (χ3v) is 6.63. The first-order valence-corrected chi connectivity index (χ1v) is 13.5. The Labute approximate surface area is 225 Å². The number of likely N-dealkylation sites (tertiary alicyclic amines) is 1. The van der Waals surface area contributed by atoms with Crippen LogP contribution in [0, 0.1) is 0 Å². The van der Waals surface area contributed by atoms with Crippen LogP contribution in [-0.4, -0.2) is 72.6 Å². The van der Waals surface area contributed by atoms with Crippen LogP contribution in [0.3, 0.4) is 0 Å². The molecule has 1 saturated heterocycles. The zero-order valence-electron chi connectivity index (χ0n) is 23.2. The van der Waals surface area contributed by atoms with Crippen LogP contribution >= 0.6 is 0 Å². The van der Waals surface area contributed by atoms with Gasteiger partial charge in [-0.25, -0.2) is 0 Å². The lowest BCUT2D eigenvalue weighted by Gasteiger charge is -2.27. The minimum Gasteiger partial charge on any atom is -0.507 e. The summed E-state index contributed by atoms with van der Waals surface area (Å²) in [5, 5.41) is 11.4. The predicted octanol–water partition coefficient (Wildman–Crippen LogP) is 5.04. The number of Topliss-reactive ketones (excluding diaryl/α,β-unsaturated/α-hetero) is 1. The van der Waals surface area contributed by atoms with Crippen LogP contribution < -0.4 is 14.2 Å². The molecule has 1 heterocycles. The molecule has 1 aliphatic heterocycles. The molecule has 1 amide bonds. The third-order valence-electron chi connectivity index (χ3n) is 6.63. The van der Waals surface area contributed by atoms with E-state index in [0.717, 1.165) is 19.6 Å². The van der Waals surface area contributed by atoms with Crippen LogP contribution in [0.15, 0.2) is 48.0 Å². The number of nitrogens with zero attached hydrogens (tertiary/aromatic N) is 2. The molecular weight excluding hydrogens is 484 g/mol. The Bertz CT molecular complexity index is 1120. The topological polar surface area (TPSA) is 88.5 Å². The van der Waals surface area contributed by atoms with Gasteiger partial charge in [0.1, 0.15) is 11.5 Å². The highest BCUT2D eigenvalue weighted by atomic mass is 16.5. The number of ether oxygens (including phenoxy) is 3. The summed E-state index contributed by atoms with van der Waals surface area (Å²) in [5.74, 6) is 0.245. The molecule has 0 unspecified atom stereocenters. The van der Waals surface area contributed by atoms with Crippen LogP contribution in [0.4, 0.5) is 0 Å². The molecule has 206 valence electrons. The summed E-state index contributed by atoms with van der Waals surface area (Å²) in [6.07, 6.45) is 0.698. The first-order chi connectivity index (χ1) is 18.4. The molecule has 1 fully saturated rings. The molecule has 3 rings (SSSR count). The van der Waals surface area contributed by atoms with E-state index in [1.807, 2.05) is 26.8 Å². The Morgan fingerprint density at radius 3 is 2.11 bits per heavy atom. The van der Waals surface area contributed by atoms with Crippen molar-refractivity contribution in [3.63, 3.8) is 0 Å². The van der Waals surface area contributed by atoms with Crippen molar-refractivity contribution < 1.29 is 28.9 Å². The fourth-order valence-electron chi connectivity index (χ4n) is 4.73. The molecule has 2 aromatic rings. The molecule has 1 N–H and O–H groups in total. The summed E-state index contributed by atoms with van der Waals surface area (Å²) in [6, 6.07) is 11.5. The summed E-state index contributed by atoms with van der Waals surface area (Å²) in [5.41, 5.74) is 1.18. The zero-order valence-corrected chi connectivity index (χ0v) is 23.2. The molecular formula is C30H40N2O6. The second kappa shape index (κ2) is 13.9. The minimum absolute atomic E-state index is 0.0635. The molecule has 0 spiro atoms. The lowest BCUT2D eigenvalue weighted by atomic mass is 9.95. The second-order valence-electron chi connectivity index (χ2n) is 8.90. The standard InChI is InChI=1S/C30H40N2O6/c1-6-31(7-2)18-11-19-32-27(22-14-17-24(37-9-4)25(20-22)38-10-5)26(29(34)30(32)35)28(33)21-12-15-23(16-13-21)36-8-3/h12-17,20,27,33H,6-11,18-19H2,1-5H3/b28-26+/t27-/m0/s1. The van der Waals surface area contributed by atoms with Crippen LogP contribution in [0.25, 0.3) is 5.76 Å². The number of amides is 1. The smallest absolute Gasteiger partial charge is 0.295 e. The van der Waals surface area contributed by atoms with Crippen molar-refractivity contribution in [2.24, 2.45) is 0 Å². The van der Waals surface area contributed by atoms with Crippen molar-refractivity contribution in [2.45, 2.75) is 47.1 Å². The molecule has 1 aliphatic rings. The van der Waals surface area contributed by atoms with Gasteiger partial charge in [0.2, 0.25) is 0 Å². The predicted molar refractivity (Wildman–Crippen MR) is 148 cm³/mol. The van der Waals surface area contributed by atoms with Crippen molar-refractivity contribution in [1.29, 1.82) is 0 Å². The van der Waals surface area contributed by atoms with Gasteiger partial charge in [-0.05, 0) is 88.8 Å². The van der Waals surface area contributed by atoms with E-state index in [1.165, 1.54) is 0 Å². The lowest BCUT2D eigenvalue weighted by Crippen LogP contribution is -2.33. The Hall–Kier alpha value is -3.52. The Kier molecular flexibility index (Phi) is 10.6. The summed E-state index contributed by atoms with van der Waals surface area (Å²) in [4.78, 5) is 30.5. The lowest BCUT2D eigenvalue weighted by molar-refractivity contribution is -0.140. The van der Waals surface area contributed by atoms with E-state index in [1.54, 1.807) is 41.3 Å². The van der Waals surface area contributed by atoms with Gasteiger partial charge >= 0.3 is 0 Å². The molecule has 0 radical (unpaired) electrons. The number of carbonyl (C=O) groups is 2. The van der Waals surface area contributed by atoms with E-state index in [-0.39, 0.29) is 11.3 Å². The van der Waals surface area contributed by atoms with E-state index in [4.69, 9.17) is 14.2 Å². The fraction of sp³-hybridized carbons (Fsp3) is 0.467. The Morgan fingerprint density at radius 2 is 1.50 bits per heavy atom. The third kappa shape index (κ3) is 6.48. The fourth-order valence-corrected chi connectivity index (χ4v) is 4.73. The van der Waals surface area contributed by atoms with Gasteiger partial charge in [0, 0.05) is 12.1 Å². The van der Waals surface area contributed by atoms with Gasteiger partial charge in [0.15, 0.2) is 11.5 Å². The van der Waals surface area contributed by atoms with Crippen molar-refractivity contribution in [3.05, 3.63) is 59.2 Å². The van der Waals surface area contributed by atoms with Crippen molar-refractivity contribution in [2.75, 3.05) is 46.0 Å². The highest BCUT2D eigenvalue weighted by molar-refractivity contribution is 6.46. The second-order valence-corrected chi connectivity index (χ2v) is 8.90. The van der Waals surface area contributed by atoms with Gasteiger partial charge in [-0.3, -0.25) is 9.59 Å². The van der Waals surface area contributed by atoms with Gasteiger partial charge < -0.3 is 29.1 Å². The SMILES string of the molecule is CCOc1ccc(/C(O)=C2\C(=O)C(=O)N(CCCN(CC)CC)[C@H]2c2ccc(OCC)c(OCC)c2)cc1. The van der Waals surface area contributed by atoms with Crippen molar-refractivity contribution in [3.8, 4) is 17.2 Å². The number of aliphatic hydroxyl groups excluding tert-OH is 1. The van der Waals surface area contributed by atoms with E-state index < -0.39 is 17.7 Å². The average Bonchev–Trinajstić information content (AvgIpc) is 3.17. The van der Waals surface area contributed by atoms with E-state index >= 15 is 0 Å². The molecule has 0 aliphatic carbocycles. The number of carbonyl (C=O) groups excluding carboxylic acids is 2. The normalized spacial score (nSPS) is 16.8. The first-order valence-electron chi connectivity index (χ1n) is 13.5. The monoisotopic (exact) mass is 524 g/mol. The summed E-state index contributed by atoms with van der Waals surface area (Å²) < 4.78 is 17.0. The zero-order chi connectivity index (χ0) is 27.7. The van der Waals surface area contributed by atoms with Gasteiger partial charge in [-0.1, -0.05) is 19.9 Å². The maximum atomic E-state index is 13.4. The summed E-state index contributed by atoms with van der Waals surface area (Å²) in [7, 11) is 0. The summed E-state index contributed by atoms with van der Waals surface area (Å²) in [6.45, 7) is 14.3. The summed E-state index contributed by atoms with van der Waals surface area (Å²) >= 11 is 0. The van der Waals surface area contributed by atoms with E-state index in [2.05, 4.69) is 18.7 Å². The highest BCUT2D eigenvalue weighted by Crippen LogP contribution is 2.42. The maximum Gasteiger partial charge on any atom is 0.295 e. The highest BCUT2D eigenvalue weighted by Gasteiger charge is 2.46. The number of benzene rings is 2. The first kappa shape index (κ1) is 29.0. The molecule has 2 aromatic carbocycles. The van der Waals surface area contributed by atoms with Gasteiger partial charge in [0.25, 0.3) is 11.7 Å². The molecule has 0 aromatic heterocycles. The van der Waals surface area contributed by atoms with Crippen molar-refractivity contribution in [1.82, 2.24) is 9.80 Å². The van der Waals surface area contributed by atoms with Gasteiger partial charge in [-0.15, -0.1) is 0 Å². The average molecular weight is 525 g/mol. The molecule has 38 heavy (non-hydrogen) atoms. The van der Waals surface area contributed by atoms with Crippen molar-refractivity contribution >= 4 is 17.4 Å². The Morgan fingerprint density at radius 1 is 0.868 bits per heavy atom. The molecule has 0 saturated carbocycles. The molecule has 1 atom stereocenters. The maximum absolute atomic E-state index is 13.4. The Balaban J connectivity index is 2.08. The minimum atomic E-state index is -0.756. The molecule has 8 heteroatoms. The number of ketones is 1. The molecule has 0 bridgehead atoms. The van der Waals surface area contributed by atoms with Crippen LogP contribution in [0.1, 0.15) is 58.2 Å². The quantitative estimate of drug-likeness (QED) is 0.211. The van der Waals surface area contributed by atoms with Crippen LogP contribution in [0.2, 0.25) is 0 Å². The number of aliphatic hydroxyl groups is 1. The number of hydrogen-bond donors (Lipinski definition) is 1. The van der Waals surface area contributed by atoms with E-state index in [0.29, 0.717) is 61.2 Å². The van der Waals surface area contributed by atoms with Gasteiger partial charge in [-0.2, -0.15) is 0 Å². The van der Waals surface area contributed by atoms with E-state index in [9.17, 15) is 14.7 Å². The number of rotatable bonds is 14. The van der Waals surface area contributed by atoms with Crippen LogP contribution in [-0.2, 0) is 9.59 Å². The van der Waals surface area contributed by atoms with Gasteiger partial charge in [0.05, 0.1) is 31.4 Å². The molecule has 8 nitrogen and oxygen atoms in total. The van der Waals surface area contributed by atoms with Crippen LogP contribution in [0.5, 0.6) is 17.2 Å².